The highest BCUT2D eigenvalue weighted by atomic mass is 19.4. The fourth-order valence-corrected chi connectivity index (χ4v) is 3.14. The van der Waals surface area contributed by atoms with E-state index < -0.39 is 17.6 Å². The Bertz CT molecular complexity index is 749. The molecular weight excluding hydrogens is 343 g/mol. The van der Waals surface area contributed by atoms with Crippen LogP contribution in [0.5, 0.6) is 0 Å². The van der Waals surface area contributed by atoms with Crippen molar-refractivity contribution in [2.24, 2.45) is 0 Å². The summed E-state index contributed by atoms with van der Waals surface area (Å²) in [6.45, 7) is 2.90. The third-order valence-electron chi connectivity index (χ3n) is 4.45. The molecule has 1 aromatic carbocycles. The van der Waals surface area contributed by atoms with Crippen molar-refractivity contribution in [3.63, 3.8) is 0 Å². The number of carbonyl (C=O) groups is 1. The summed E-state index contributed by atoms with van der Waals surface area (Å²) in [4.78, 5) is 20.7. The third-order valence-corrected chi connectivity index (χ3v) is 4.45. The monoisotopic (exact) mass is 363 g/mol. The number of pyridine rings is 1. The molecule has 1 aliphatic heterocycles. The van der Waals surface area contributed by atoms with Crippen LogP contribution in [0.2, 0.25) is 0 Å². The van der Waals surface area contributed by atoms with Crippen molar-refractivity contribution in [1.82, 2.24) is 14.8 Å². The van der Waals surface area contributed by atoms with Gasteiger partial charge in [-0.15, -0.1) is 0 Å². The molecule has 0 spiro atoms. The third kappa shape index (κ3) is 4.40. The lowest BCUT2D eigenvalue weighted by atomic mass is 10.1. The van der Waals surface area contributed by atoms with Crippen LogP contribution in [0, 0.1) is 0 Å². The average Bonchev–Trinajstić information content (AvgIpc) is 2.87. The van der Waals surface area contributed by atoms with E-state index in [4.69, 9.17) is 0 Å². The minimum absolute atomic E-state index is 0.279. The van der Waals surface area contributed by atoms with E-state index in [2.05, 4.69) is 9.88 Å². The first-order valence-electron chi connectivity index (χ1n) is 8.53. The highest BCUT2D eigenvalue weighted by molar-refractivity contribution is 5.96. The number of hydrogen-bond donors (Lipinski definition) is 0. The molecule has 7 heteroatoms. The summed E-state index contributed by atoms with van der Waals surface area (Å²) >= 11 is 0. The molecule has 3 rings (SSSR count). The van der Waals surface area contributed by atoms with Crippen molar-refractivity contribution in [2.75, 3.05) is 26.2 Å². The maximum absolute atomic E-state index is 13.2. The smallest absolute Gasteiger partial charge is 0.337 e. The molecule has 4 nitrogen and oxygen atoms in total. The Balaban J connectivity index is 1.69. The van der Waals surface area contributed by atoms with Crippen molar-refractivity contribution < 1.29 is 18.0 Å². The van der Waals surface area contributed by atoms with Crippen LogP contribution in [0.1, 0.15) is 28.0 Å². The predicted octanol–water partition coefficient (Wildman–Crippen LogP) is 3.45. The van der Waals surface area contributed by atoms with Gasteiger partial charge in [-0.25, -0.2) is 0 Å². The van der Waals surface area contributed by atoms with Gasteiger partial charge in [0.2, 0.25) is 0 Å². The summed E-state index contributed by atoms with van der Waals surface area (Å²) < 4.78 is 39.5. The van der Waals surface area contributed by atoms with E-state index in [1.165, 1.54) is 23.1 Å². The van der Waals surface area contributed by atoms with Gasteiger partial charge in [-0.2, -0.15) is 13.2 Å². The molecule has 26 heavy (non-hydrogen) atoms. The topological polar surface area (TPSA) is 36.4 Å². The highest BCUT2D eigenvalue weighted by Crippen LogP contribution is 2.32. The van der Waals surface area contributed by atoms with Gasteiger partial charge in [0, 0.05) is 38.9 Å². The molecule has 2 heterocycles. The van der Waals surface area contributed by atoms with Crippen molar-refractivity contribution in [2.45, 2.75) is 19.1 Å². The van der Waals surface area contributed by atoms with Gasteiger partial charge < -0.3 is 4.90 Å². The Morgan fingerprint density at radius 3 is 2.50 bits per heavy atom. The minimum atomic E-state index is -4.54. The molecule has 1 saturated heterocycles. The van der Waals surface area contributed by atoms with Gasteiger partial charge in [0.15, 0.2) is 0 Å². The molecular formula is C19H20F3N3O. The molecule has 0 bridgehead atoms. The average molecular weight is 363 g/mol. The van der Waals surface area contributed by atoms with Crippen LogP contribution in [0.15, 0.2) is 48.7 Å². The van der Waals surface area contributed by atoms with Crippen molar-refractivity contribution in [3.05, 3.63) is 65.5 Å². The van der Waals surface area contributed by atoms with Crippen molar-refractivity contribution >= 4 is 5.91 Å². The fraction of sp³-hybridized carbons (Fsp3) is 0.368. The normalized spacial score (nSPS) is 16.3. The Labute approximate surface area is 150 Å². The summed E-state index contributed by atoms with van der Waals surface area (Å²) in [6, 6.07) is 10.7. The van der Waals surface area contributed by atoms with Crippen LogP contribution in [-0.2, 0) is 12.7 Å². The molecule has 0 aliphatic carbocycles. The SMILES string of the molecule is O=C(c1ccccc1C(F)(F)F)N1CCCN(Cc2ccccn2)CC1. The number of halogens is 3. The zero-order chi connectivity index (χ0) is 18.6. The van der Waals surface area contributed by atoms with Gasteiger partial charge >= 0.3 is 6.18 Å². The Morgan fingerprint density at radius 1 is 1.00 bits per heavy atom. The van der Waals surface area contributed by atoms with E-state index in [0.717, 1.165) is 18.3 Å². The maximum atomic E-state index is 13.2. The van der Waals surface area contributed by atoms with Crippen molar-refractivity contribution in [1.29, 1.82) is 0 Å². The number of nitrogens with zero attached hydrogens (tertiary/aromatic N) is 3. The number of alkyl halides is 3. The molecule has 1 aliphatic rings. The molecule has 1 amide bonds. The first kappa shape index (κ1) is 18.4. The van der Waals surface area contributed by atoms with E-state index in [-0.39, 0.29) is 5.56 Å². The fourth-order valence-electron chi connectivity index (χ4n) is 3.14. The summed E-state index contributed by atoms with van der Waals surface area (Å²) in [7, 11) is 0. The van der Waals surface area contributed by atoms with Crippen molar-refractivity contribution in [3.8, 4) is 0 Å². The number of aromatic nitrogens is 1. The Hall–Kier alpha value is -2.41. The van der Waals surface area contributed by atoms with Gasteiger partial charge in [0.05, 0.1) is 16.8 Å². The van der Waals surface area contributed by atoms with Crippen LogP contribution < -0.4 is 0 Å². The summed E-state index contributed by atoms with van der Waals surface area (Å²) in [5.41, 5.74) is -0.215. The molecule has 0 saturated carbocycles. The summed E-state index contributed by atoms with van der Waals surface area (Å²) in [5.74, 6) is -0.558. The van der Waals surface area contributed by atoms with E-state index in [9.17, 15) is 18.0 Å². The maximum Gasteiger partial charge on any atom is 0.417 e. The lowest BCUT2D eigenvalue weighted by Gasteiger charge is -2.23. The molecule has 0 atom stereocenters. The van der Waals surface area contributed by atoms with Crippen LogP contribution >= 0.6 is 0 Å². The number of benzene rings is 1. The highest BCUT2D eigenvalue weighted by Gasteiger charge is 2.36. The van der Waals surface area contributed by atoms with Gasteiger partial charge in [0.1, 0.15) is 0 Å². The summed E-state index contributed by atoms with van der Waals surface area (Å²) in [6.07, 6.45) is -2.09. The van der Waals surface area contributed by atoms with Crippen LogP contribution in [0.3, 0.4) is 0 Å². The van der Waals surface area contributed by atoms with Crippen LogP contribution in [0.25, 0.3) is 0 Å². The minimum Gasteiger partial charge on any atom is -0.337 e. The van der Waals surface area contributed by atoms with Gasteiger partial charge in [-0.3, -0.25) is 14.7 Å². The van der Waals surface area contributed by atoms with E-state index >= 15 is 0 Å². The number of carbonyl (C=O) groups excluding carboxylic acids is 1. The second-order valence-corrected chi connectivity index (χ2v) is 6.29. The quantitative estimate of drug-likeness (QED) is 0.838. The number of rotatable bonds is 3. The van der Waals surface area contributed by atoms with Gasteiger partial charge in [-0.05, 0) is 30.7 Å². The molecule has 1 fully saturated rings. The lowest BCUT2D eigenvalue weighted by molar-refractivity contribution is -0.138. The standard InChI is InChI=1S/C19H20F3N3O/c20-19(21,22)17-8-2-1-7-16(17)18(26)25-11-5-10-24(12-13-25)14-15-6-3-4-9-23-15/h1-4,6-9H,5,10-14H2. The lowest BCUT2D eigenvalue weighted by Crippen LogP contribution is -2.36. The van der Waals surface area contributed by atoms with Gasteiger partial charge in [0.25, 0.3) is 5.91 Å². The predicted molar refractivity (Wildman–Crippen MR) is 91.5 cm³/mol. The largest absolute Gasteiger partial charge is 0.417 e. The second-order valence-electron chi connectivity index (χ2n) is 6.29. The zero-order valence-corrected chi connectivity index (χ0v) is 14.2. The van der Waals surface area contributed by atoms with Crippen LogP contribution in [0.4, 0.5) is 13.2 Å². The first-order valence-corrected chi connectivity index (χ1v) is 8.53. The van der Waals surface area contributed by atoms with E-state index in [0.29, 0.717) is 32.6 Å². The van der Waals surface area contributed by atoms with Crippen LogP contribution in [-0.4, -0.2) is 46.9 Å². The summed E-state index contributed by atoms with van der Waals surface area (Å²) in [5, 5.41) is 0. The number of hydrogen-bond acceptors (Lipinski definition) is 3. The Morgan fingerprint density at radius 2 is 1.77 bits per heavy atom. The molecule has 0 radical (unpaired) electrons. The zero-order valence-electron chi connectivity index (χ0n) is 14.2. The Kier molecular flexibility index (Phi) is 5.56. The first-order chi connectivity index (χ1) is 12.4. The van der Waals surface area contributed by atoms with Gasteiger partial charge in [-0.1, -0.05) is 18.2 Å². The second kappa shape index (κ2) is 7.86. The molecule has 2 aromatic rings. The number of amides is 1. The van der Waals surface area contributed by atoms with E-state index in [1.54, 1.807) is 6.20 Å². The molecule has 0 unspecified atom stereocenters. The van der Waals surface area contributed by atoms with E-state index in [1.807, 2.05) is 18.2 Å². The molecule has 138 valence electrons. The molecule has 0 N–H and O–H groups in total. The molecule has 1 aromatic heterocycles.